The van der Waals surface area contributed by atoms with Crippen LogP contribution in [0.4, 0.5) is 14.6 Å². The number of nitriles is 1. The number of nitrogens with zero attached hydrogens (tertiary/aromatic N) is 6. The molecular formula is C31H28F2N6O2. The zero-order chi connectivity index (χ0) is 28.9. The van der Waals surface area contributed by atoms with Crippen molar-refractivity contribution >= 4 is 11.3 Å². The van der Waals surface area contributed by atoms with Gasteiger partial charge in [0.25, 0.3) is 0 Å². The largest absolute Gasteiger partial charge is 0.489 e. The number of piperazine rings is 1. The summed E-state index contributed by atoms with van der Waals surface area (Å²) in [6.45, 7) is 5.00. The second-order valence-corrected chi connectivity index (χ2v) is 11.2. The fourth-order valence-corrected chi connectivity index (χ4v) is 5.62. The summed E-state index contributed by atoms with van der Waals surface area (Å²) in [5, 5.41) is 24.0. The first-order valence-electron chi connectivity index (χ1n) is 13.3. The van der Waals surface area contributed by atoms with E-state index in [-0.39, 0.29) is 36.4 Å². The van der Waals surface area contributed by atoms with E-state index in [9.17, 15) is 19.1 Å². The summed E-state index contributed by atoms with van der Waals surface area (Å²) in [5.41, 5.74) is 1.82. The standard InChI is InChI=1S/C31H28F2N6O2/c1-4-19-7-27(32)26(28(33)8-19)17-38-22-9-23(38)15-37(14-22)29-6-5-20(12-35-29)25-10-24(41-18-31(2,3)40)16-39-30(25)21(11-34)13-36-39/h1,5-8,10,12-13,16,22-23,40H,9,14-15,17-18H2,2-3H3. The smallest absolute Gasteiger partial charge is 0.138 e. The molecule has 0 radical (unpaired) electrons. The third-order valence-electron chi connectivity index (χ3n) is 7.67. The lowest BCUT2D eigenvalue weighted by atomic mass is 9.86. The summed E-state index contributed by atoms with van der Waals surface area (Å²) < 4.78 is 36.5. The fourth-order valence-electron chi connectivity index (χ4n) is 5.62. The molecule has 1 N–H and O–H groups in total. The van der Waals surface area contributed by atoms with E-state index in [2.05, 4.69) is 26.9 Å². The van der Waals surface area contributed by atoms with Crippen molar-refractivity contribution in [1.29, 1.82) is 5.26 Å². The maximum Gasteiger partial charge on any atom is 0.138 e. The highest BCUT2D eigenvalue weighted by atomic mass is 19.1. The Morgan fingerprint density at radius 1 is 1.15 bits per heavy atom. The highest BCUT2D eigenvalue weighted by Gasteiger charge is 2.45. The molecule has 2 atom stereocenters. The van der Waals surface area contributed by atoms with E-state index < -0.39 is 17.2 Å². The molecule has 0 spiro atoms. The van der Waals surface area contributed by atoms with E-state index in [4.69, 9.17) is 16.1 Å². The van der Waals surface area contributed by atoms with Crippen molar-refractivity contribution in [2.75, 3.05) is 24.6 Å². The van der Waals surface area contributed by atoms with Gasteiger partial charge in [0, 0.05) is 60.2 Å². The van der Waals surface area contributed by atoms with E-state index in [1.165, 1.54) is 18.3 Å². The van der Waals surface area contributed by atoms with Gasteiger partial charge in [0.15, 0.2) is 0 Å². The summed E-state index contributed by atoms with van der Waals surface area (Å²) >= 11 is 0. The number of hydrogen-bond donors (Lipinski definition) is 1. The molecule has 0 saturated carbocycles. The molecule has 3 saturated heterocycles. The fraction of sp³-hybridized carbons (Fsp3) is 0.323. The lowest BCUT2D eigenvalue weighted by Gasteiger charge is -2.56. The van der Waals surface area contributed by atoms with E-state index >= 15 is 0 Å². The molecular weight excluding hydrogens is 526 g/mol. The van der Waals surface area contributed by atoms with Crippen molar-refractivity contribution in [3.05, 3.63) is 77.2 Å². The molecule has 6 heterocycles. The lowest BCUT2D eigenvalue weighted by molar-refractivity contribution is -0.0103. The van der Waals surface area contributed by atoms with E-state index in [0.717, 1.165) is 23.4 Å². The molecule has 8 nitrogen and oxygen atoms in total. The van der Waals surface area contributed by atoms with Crippen molar-refractivity contribution in [3.8, 4) is 35.3 Å². The highest BCUT2D eigenvalue weighted by Crippen LogP contribution is 2.37. The molecule has 0 aliphatic carbocycles. The average molecular weight is 555 g/mol. The average Bonchev–Trinajstić information content (AvgIpc) is 3.38. The molecule has 1 aromatic carbocycles. The van der Waals surface area contributed by atoms with Gasteiger partial charge in [-0.3, -0.25) is 4.90 Å². The third kappa shape index (κ3) is 5.08. The molecule has 2 bridgehead atoms. The minimum Gasteiger partial charge on any atom is -0.489 e. The van der Waals surface area contributed by atoms with Crippen LogP contribution in [0.1, 0.15) is 37.0 Å². The van der Waals surface area contributed by atoms with E-state index in [1.807, 2.05) is 18.2 Å². The van der Waals surface area contributed by atoms with Crippen LogP contribution in [0, 0.1) is 35.3 Å². The van der Waals surface area contributed by atoms with Crippen molar-refractivity contribution in [2.45, 2.75) is 44.5 Å². The van der Waals surface area contributed by atoms with Crippen LogP contribution >= 0.6 is 0 Å². The summed E-state index contributed by atoms with van der Waals surface area (Å²) in [5.74, 6) is 2.36. The van der Waals surface area contributed by atoms with Crippen LogP contribution in [0.5, 0.6) is 5.75 Å². The first-order chi connectivity index (χ1) is 19.6. The third-order valence-corrected chi connectivity index (χ3v) is 7.67. The van der Waals surface area contributed by atoms with Gasteiger partial charge in [0.2, 0.25) is 0 Å². The van der Waals surface area contributed by atoms with Crippen molar-refractivity contribution < 1.29 is 18.6 Å². The molecule has 10 heteroatoms. The molecule has 208 valence electrons. The Kier molecular flexibility index (Phi) is 6.61. The summed E-state index contributed by atoms with van der Waals surface area (Å²) in [7, 11) is 0. The van der Waals surface area contributed by atoms with Crippen LogP contribution in [0.3, 0.4) is 0 Å². The van der Waals surface area contributed by atoms with Crippen LogP contribution < -0.4 is 9.64 Å². The van der Waals surface area contributed by atoms with Gasteiger partial charge in [-0.1, -0.05) is 5.92 Å². The highest BCUT2D eigenvalue weighted by molar-refractivity contribution is 5.85. The molecule has 41 heavy (non-hydrogen) atoms. The van der Waals surface area contributed by atoms with Crippen molar-refractivity contribution in [1.82, 2.24) is 19.5 Å². The Morgan fingerprint density at radius 2 is 1.88 bits per heavy atom. The van der Waals surface area contributed by atoms with Crippen molar-refractivity contribution in [2.24, 2.45) is 0 Å². The predicted molar refractivity (Wildman–Crippen MR) is 149 cm³/mol. The normalized spacial score (nSPS) is 18.6. The first-order valence-corrected chi connectivity index (χ1v) is 13.3. The van der Waals surface area contributed by atoms with Crippen LogP contribution in [-0.4, -0.2) is 62.0 Å². The predicted octanol–water partition coefficient (Wildman–Crippen LogP) is 4.14. The Balaban J connectivity index is 1.20. The first kappa shape index (κ1) is 26.7. The number of aliphatic hydroxyl groups is 1. The van der Waals surface area contributed by atoms with Gasteiger partial charge in [-0.15, -0.1) is 6.42 Å². The molecule has 0 amide bonds. The number of halogens is 2. The van der Waals surface area contributed by atoms with Gasteiger partial charge in [0.1, 0.15) is 35.9 Å². The van der Waals surface area contributed by atoms with Crippen LogP contribution in [0.25, 0.3) is 16.6 Å². The number of piperidine rings is 1. The van der Waals surface area contributed by atoms with Gasteiger partial charge in [-0.25, -0.2) is 18.3 Å². The second-order valence-electron chi connectivity index (χ2n) is 11.2. The maximum atomic E-state index is 14.5. The molecule has 3 aliphatic rings. The van der Waals surface area contributed by atoms with E-state index in [1.54, 1.807) is 30.8 Å². The van der Waals surface area contributed by atoms with Crippen LogP contribution in [0.2, 0.25) is 0 Å². The summed E-state index contributed by atoms with van der Waals surface area (Å²) in [4.78, 5) is 9.05. The maximum absolute atomic E-state index is 14.5. The van der Waals surface area contributed by atoms with Gasteiger partial charge in [-0.05, 0) is 50.6 Å². The van der Waals surface area contributed by atoms with Gasteiger partial charge < -0.3 is 14.7 Å². The number of rotatable bonds is 7. The molecule has 3 fully saturated rings. The summed E-state index contributed by atoms with van der Waals surface area (Å²) in [6, 6.07) is 10.6. The zero-order valence-corrected chi connectivity index (χ0v) is 22.7. The molecule has 2 unspecified atom stereocenters. The minimum absolute atomic E-state index is 0.0475. The van der Waals surface area contributed by atoms with E-state index in [0.29, 0.717) is 29.9 Å². The molecule has 7 rings (SSSR count). The minimum atomic E-state index is -1.01. The number of aromatic nitrogens is 3. The van der Waals surface area contributed by atoms with Crippen molar-refractivity contribution in [3.63, 3.8) is 0 Å². The quantitative estimate of drug-likeness (QED) is 0.344. The van der Waals surface area contributed by atoms with Gasteiger partial charge in [0.05, 0.1) is 29.1 Å². The number of terminal acetylenes is 1. The number of pyridine rings is 2. The number of anilines is 1. The van der Waals surface area contributed by atoms with Crippen LogP contribution in [-0.2, 0) is 6.54 Å². The zero-order valence-electron chi connectivity index (χ0n) is 22.7. The Morgan fingerprint density at radius 3 is 2.49 bits per heavy atom. The topological polar surface area (TPSA) is 89.9 Å². The monoisotopic (exact) mass is 554 g/mol. The van der Waals surface area contributed by atoms with Gasteiger partial charge >= 0.3 is 0 Å². The Labute approximate surface area is 236 Å². The Bertz CT molecular complexity index is 1680. The number of ether oxygens (including phenoxy) is 1. The van der Waals surface area contributed by atoms with Gasteiger partial charge in [-0.2, -0.15) is 10.4 Å². The molecule has 3 aromatic heterocycles. The molecule has 3 aliphatic heterocycles. The Hall–Kier alpha value is -4.51. The van der Waals surface area contributed by atoms with Crippen LogP contribution in [0.15, 0.2) is 48.9 Å². The lowest BCUT2D eigenvalue weighted by Crippen LogP contribution is -2.68. The SMILES string of the molecule is C#Cc1cc(F)c(CN2C3CC2CN(c2ccc(-c4cc(OCC(C)(C)O)cn5ncc(C#N)c45)cn2)C3)c(F)c1. The summed E-state index contributed by atoms with van der Waals surface area (Å²) in [6.07, 6.45) is 11.2. The molecule has 4 aromatic rings. The number of hydrogen-bond acceptors (Lipinski definition) is 7. The number of fused-ring (bicyclic) bond motifs is 3. The number of benzene rings is 1. The second kappa shape index (κ2) is 10.2.